The molecule has 4 rings (SSSR count). The van der Waals surface area contributed by atoms with Gasteiger partial charge in [0.1, 0.15) is 0 Å². The fourth-order valence-corrected chi connectivity index (χ4v) is 5.92. The quantitative estimate of drug-likeness (QED) is 0.159. The highest BCUT2D eigenvalue weighted by Crippen LogP contribution is 2.39. The number of unbranched alkanes of at least 4 members (excludes halogenated alkanes) is 1. The van der Waals surface area contributed by atoms with Gasteiger partial charge in [-0.15, -0.1) is 0 Å². The van der Waals surface area contributed by atoms with Crippen LogP contribution in [0.1, 0.15) is 68.9 Å². The van der Waals surface area contributed by atoms with E-state index in [2.05, 4.69) is 45.9 Å². The number of nitrogens with one attached hydrogen (secondary N) is 2. The number of benzene rings is 2. The van der Waals surface area contributed by atoms with Crippen LogP contribution in [0.5, 0.6) is 0 Å². The molecule has 2 aliphatic rings. The fraction of sp³-hybridized carbons (Fsp3) is 0.419. The van der Waals surface area contributed by atoms with E-state index in [4.69, 9.17) is 0 Å². The zero-order valence-electron chi connectivity index (χ0n) is 23.3. The molecule has 1 unspecified atom stereocenters. The van der Waals surface area contributed by atoms with Gasteiger partial charge in [-0.1, -0.05) is 49.4 Å². The molecule has 1 fully saturated rings. The maximum atomic E-state index is 12.5. The summed E-state index contributed by atoms with van der Waals surface area (Å²) < 4.78 is 0. The highest BCUT2D eigenvalue weighted by atomic mass is 16.6. The number of carbonyl (C=O) groups is 2. The van der Waals surface area contributed by atoms with Crippen LogP contribution in [0.2, 0.25) is 0 Å². The van der Waals surface area contributed by atoms with Crippen molar-refractivity contribution in [3.63, 3.8) is 0 Å². The lowest BCUT2D eigenvalue weighted by molar-refractivity contribution is -0.384. The molecule has 212 valence electrons. The molecule has 2 aromatic carbocycles. The van der Waals surface area contributed by atoms with Crippen molar-refractivity contribution in [3.05, 3.63) is 98.6 Å². The van der Waals surface area contributed by atoms with Crippen molar-refractivity contribution >= 4 is 18.5 Å². The van der Waals surface area contributed by atoms with Gasteiger partial charge in [0.05, 0.1) is 22.2 Å². The predicted molar refractivity (Wildman–Crippen MR) is 155 cm³/mol. The van der Waals surface area contributed by atoms with Crippen molar-refractivity contribution in [3.8, 4) is 0 Å². The van der Waals surface area contributed by atoms with Gasteiger partial charge in [-0.2, -0.15) is 0 Å². The first-order valence-electron chi connectivity index (χ1n) is 14.1. The van der Waals surface area contributed by atoms with Crippen molar-refractivity contribution in [1.82, 2.24) is 20.4 Å². The van der Waals surface area contributed by atoms with Gasteiger partial charge >= 0.3 is 0 Å². The Balaban J connectivity index is 1.43. The molecule has 1 saturated heterocycles. The highest BCUT2D eigenvalue weighted by molar-refractivity contribution is 5.60. The third-order valence-electron chi connectivity index (χ3n) is 8.04. The van der Waals surface area contributed by atoms with Crippen molar-refractivity contribution in [2.24, 2.45) is 0 Å². The molecule has 40 heavy (non-hydrogen) atoms. The Kier molecular flexibility index (Phi) is 10.1. The highest BCUT2D eigenvalue weighted by Gasteiger charge is 2.33. The summed E-state index contributed by atoms with van der Waals surface area (Å²) in [5.41, 5.74) is 5.26. The van der Waals surface area contributed by atoms with Crippen LogP contribution < -0.4 is 10.6 Å². The molecular formula is C31H39N5O4. The molecule has 9 heteroatoms. The van der Waals surface area contributed by atoms with Crippen LogP contribution in [0.25, 0.3) is 0 Å². The van der Waals surface area contributed by atoms with Crippen LogP contribution in [0.4, 0.5) is 5.69 Å². The number of amides is 2. The van der Waals surface area contributed by atoms with E-state index in [0.717, 1.165) is 74.4 Å². The standard InChI is InChI=1S/C31H39N5O4/c1-3-28-31(29(30(32-21-37)23(2)33-28)26-11-13-27(14-12-26)36(39)40)35(22-38)18-8-7-17-34-19-15-25(16-20-34)24-9-5-4-6-10-24/h4-6,9-14,21-22,25,29,33H,3,7-8,15-20H2,1-2H3,(H,32,37). The van der Waals surface area contributed by atoms with Gasteiger partial charge in [0.25, 0.3) is 5.69 Å². The molecule has 2 aromatic rings. The van der Waals surface area contributed by atoms with Gasteiger partial charge in [-0.25, -0.2) is 0 Å². The smallest absolute Gasteiger partial charge is 0.269 e. The van der Waals surface area contributed by atoms with E-state index in [1.54, 1.807) is 17.0 Å². The largest absolute Gasteiger partial charge is 0.360 e. The lowest BCUT2D eigenvalue weighted by Gasteiger charge is -2.37. The Bertz CT molecular complexity index is 1230. The molecule has 9 nitrogen and oxygen atoms in total. The van der Waals surface area contributed by atoms with Crippen LogP contribution in [0.15, 0.2) is 77.4 Å². The third-order valence-corrected chi connectivity index (χ3v) is 8.04. The first-order valence-corrected chi connectivity index (χ1v) is 14.1. The lowest BCUT2D eigenvalue weighted by atomic mass is 9.86. The van der Waals surface area contributed by atoms with E-state index in [1.165, 1.54) is 17.7 Å². The molecule has 0 aromatic heterocycles. The number of nitro benzene ring substituents is 1. The summed E-state index contributed by atoms with van der Waals surface area (Å²) in [4.78, 5) is 39.0. The summed E-state index contributed by atoms with van der Waals surface area (Å²) in [6, 6.07) is 17.1. The monoisotopic (exact) mass is 545 g/mol. The summed E-state index contributed by atoms with van der Waals surface area (Å²) >= 11 is 0. The zero-order chi connectivity index (χ0) is 28.5. The van der Waals surface area contributed by atoms with E-state index in [0.29, 0.717) is 31.0 Å². The van der Waals surface area contributed by atoms with Gasteiger partial charge in [0.2, 0.25) is 12.8 Å². The molecule has 2 N–H and O–H groups in total. The fourth-order valence-electron chi connectivity index (χ4n) is 5.92. The lowest BCUT2D eigenvalue weighted by Crippen LogP contribution is -2.39. The van der Waals surface area contributed by atoms with E-state index in [1.807, 2.05) is 13.8 Å². The normalized spacial score (nSPS) is 18.3. The molecule has 0 spiro atoms. The minimum Gasteiger partial charge on any atom is -0.360 e. The predicted octanol–water partition coefficient (Wildman–Crippen LogP) is 5.00. The number of allylic oxidation sites excluding steroid dienone is 2. The first kappa shape index (κ1) is 29.0. The van der Waals surface area contributed by atoms with Crippen LogP contribution >= 0.6 is 0 Å². The average molecular weight is 546 g/mol. The minimum absolute atomic E-state index is 0.00966. The number of rotatable bonds is 13. The summed E-state index contributed by atoms with van der Waals surface area (Å²) in [5, 5.41) is 17.4. The Morgan fingerprint density at radius 2 is 1.75 bits per heavy atom. The molecule has 0 bridgehead atoms. The average Bonchev–Trinajstić information content (AvgIpc) is 2.99. The topological polar surface area (TPSA) is 108 Å². The molecule has 0 saturated carbocycles. The van der Waals surface area contributed by atoms with Crippen molar-refractivity contribution in [1.29, 1.82) is 0 Å². The summed E-state index contributed by atoms with van der Waals surface area (Å²) in [6.45, 7) is 7.60. The second kappa shape index (κ2) is 13.9. The number of dihydropyridines is 1. The van der Waals surface area contributed by atoms with Crippen LogP contribution in [-0.4, -0.2) is 53.7 Å². The second-order valence-electron chi connectivity index (χ2n) is 10.5. The van der Waals surface area contributed by atoms with E-state index >= 15 is 0 Å². The van der Waals surface area contributed by atoms with E-state index < -0.39 is 10.8 Å². The molecule has 2 aliphatic heterocycles. The summed E-state index contributed by atoms with van der Waals surface area (Å²) in [6.07, 6.45) is 6.28. The van der Waals surface area contributed by atoms with Crippen molar-refractivity contribution < 1.29 is 14.5 Å². The second-order valence-corrected chi connectivity index (χ2v) is 10.5. The zero-order valence-corrected chi connectivity index (χ0v) is 23.3. The number of likely N-dealkylation sites (tertiary alicyclic amines) is 1. The molecule has 0 aliphatic carbocycles. The Morgan fingerprint density at radius 3 is 2.35 bits per heavy atom. The van der Waals surface area contributed by atoms with E-state index in [-0.39, 0.29) is 5.69 Å². The molecule has 1 atom stereocenters. The van der Waals surface area contributed by atoms with Gasteiger partial charge in [0, 0.05) is 30.1 Å². The number of non-ortho nitro benzene ring substituents is 1. The molecule has 2 heterocycles. The number of nitro groups is 1. The first-order chi connectivity index (χ1) is 19.5. The molecule has 0 radical (unpaired) electrons. The Morgan fingerprint density at radius 1 is 1.05 bits per heavy atom. The van der Waals surface area contributed by atoms with Gasteiger partial charge in [-0.3, -0.25) is 19.7 Å². The Labute approximate surface area is 236 Å². The third kappa shape index (κ3) is 6.77. The number of nitrogens with zero attached hydrogens (tertiary/aromatic N) is 3. The van der Waals surface area contributed by atoms with Gasteiger partial charge in [-0.05, 0) is 75.7 Å². The van der Waals surface area contributed by atoms with Gasteiger partial charge in [0.15, 0.2) is 0 Å². The summed E-state index contributed by atoms with van der Waals surface area (Å²) in [7, 11) is 0. The number of piperidine rings is 1. The van der Waals surface area contributed by atoms with Crippen LogP contribution in [0, 0.1) is 10.1 Å². The number of hydrogen-bond acceptors (Lipinski definition) is 6. The van der Waals surface area contributed by atoms with E-state index in [9.17, 15) is 19.7 Å². The van der Waals surface area contributed by atoms with Crippen molar-refractivity contribution in [2.45, 2.75) is 57.8 Å². The maximum absolute atomic E-state index is 12.5. The maximum Gasteiger partial charge on any atom is 0.269 e. The van der Waals surface area contributed by atoms with Crippen LogP contribution in [0.3, 0.4) is 0 Å². The summed E-state index contributed by atoms with van der Waals surface area (Å²) in [5.74, 6) is 0.188. The number of hydrogen-bond donors (Lipinski definition) is 2. The van der Waals surface area contributed by atoms with Gasteiger partial charge < -0.3 is 20.4 Å². The minimum atomic E-state index is -0.440. The molecular weight excluding hydrogens is 506 g/mol. The number of carbonyl (C=O) groups excluding carboxylic acids is 2. The van der Waals surface area contributed by atoms with Crippen LogP contribution in [-0.2, 0) is 9.59 Å². The molecule has 2 amide bonds. The Hall–Kier alpha value is -3.98. The van der Waals surface area contributed by atoms with Crippen molar-refractivity contribution in [2.75, 3.05) is 26.2 Å². The SMILES string of the molecule is CCC1=C(N(C=O)CCCCN2CCC(c3ccccc3)CC2)C(c2ccc([N+](=O)[O-])cc2)C(NC=O)=C(C)N1.